The van der Waals surface area contributed by atoms with E-state index >= 15 is 0 Å². The topological polar surface area (TPSA) is 71.2 Å². The number of hydrogen-bond acceptors (Lipinski definition) is 4. The lowest BCUT2D eigenvalue weighted by atomic mass is 9.97. The van der Waals surface area contributed by atoms with Crippen LogP contribution >= 0.6 is 0 Å². The SMILES string of the molecule is Cc1cnc(C(=O)N[C@@H](C)C2CC2)c(N2CC[C@](C)(N)C2)c1-c1cc(F)cc(F)c1. The molecular weight excluding hydrogens is 386 g/mol. The van der Waals surface area contributed by atoms with Gasteiger partial charge in [0.1, 0.15) is 11.6 Å². The maximum Gasteiger partial charge on any atom is 0.272 e. The zero-order valence-corrected chi connectivity index (χ0v) is 17.6. The van der Waals surface area contributed by atoms with Gasteiger partial charge in [-0.05, 0) is 69.2 Å². The molecule has 2 heterocycles. The molecule has 1 aromatic carbocycles. The Morgan fingerprint density at radius 3 is 2.53 bits per heavy atom. The third kappa shape index (κ3) is 4.17. The Morgan fingerprint density at radius 2 is 1.97 bits per heavy atom. The fourth-order valence-electron chi connectivity index (χ4n) is 4.29. The van der Waals surface area contributed by atoms with E-state index in [9.17, 15) is 13.6 Å². The minimum Gasteiger partial charge on any atom is -0.367 e. The van der Waals surface area contributed by atoms with Crippen LogP contribution in [0.1, 0.15) is 49.2 Å². The van der Waals surface area contributed by atoms with Crippen molar-refractivity contribution >= 4 is 11.6 Å². The molecule has 1 aliphatic heterocycles. The second-order valence-corrected chi connectivity index (χ2v) is 9.10. The third-order valence-electron chi connectivity index (χ3n) is 6.12. The quantitative estimate of drug-likeness (QED) is 0.781. The average molecular weight is 415 g/mol. The Bertz CT molecular complexity index is 967. The molecule has 3 N–H and O–H groups in total. The molecule has 1 aromatic heterocycles. The molecule has 5 nitrogen and oxygen atoms in total. The van der Waals surface area contributed by atoms with Crippen molar-refractivity contribution in [1.82, 2.24) is 10.3 Å². The number of nitrogens with one attached hydrogen (secondary N) is 1. The number of aromatic nitrogens is 1. The monoisotopic (exact) mass is 414 g/mol. The first-order valence-electron chi connectivity index (χ1n) is 10.5. The number of pyridine rings is 1. The summed E-state index contributed by atoms with van der Waals surface area (Å²) in [5.41, 5.74) is 8.55. The molecule has 1 saturated heterocycles. The van der Waals surface area contributed by atoms with Crippen LogP contribution in [0.2, 0.25) is 0 Å². The summed E-state index contributed by atoms with van der Waals surface area (Å²) in [5.74, 6) is -1.09. The Morgan fingerprint density at radius 1 is 1.30 bits per heavy atom. The second kappa shape index (κ2) is 7.61. The van der Waals surface area contributed by atoms with E-state index in [0.29, 0.717) is 35.8 Å². The lowest BCUT2D eigenvalue weighted by molar-refractivity contribution is 0.0931. The maximum absolute atomic E-state index is 14.0. The summed E-state index contributed by atoms with van der Waals surface area (Å²) in [6, 6.07) is 3.49. The molecule has 0 bridgehead atoms. The number of rotatable bonds is 5. The van der Waals surface area contributed by atoms with Gasteiger partial charge in [0.25, 0.3) is 5.91 Å². The van der Waals surface area contributed by atoms with Gasteiger partial charge < -0.3 is 16.0 Å². The van der Waals surface area contributed by atoms with Gasteiger partial charge in [0, 0.05) is 42.5 Å². The predicted molar refractivity (Wildman–Crippen MR) is 113 cm³/mol. The van der Waals surface area contributed by atoms with Crippen molar-refractivity contribution in [2.45, 2.75) is 51.6 Å². The molecule has 0 spiro atoms. The fourth-order valence-corrected chi connectivity index (χ4v) is 4.29. The molecule has 2 aromatic rings. The molecule has 2 fully saturated rings. The van der Waals surface area contributed by atoms with Crippen molar-refractivity contribution in [2.75, 3.05) is 18.0 Å². The van der Waals surface area contributed by atoms with Crippen molar-refractivity contribution < 1.29 is 13.6 Å². The Kier molecular flexibility index (Phi) is 5.26. The smallest absolute Gasteiger partial charge is 0.272 e. The van der Waals surface area contributed by atoms with Crippen LogP contribution in [0.5, 0.6) is 0 Å². The number of hydrogen-bond donors (Lipinski definition) is 2. The molecule has 160 valence electrons. The van der Waals surface area contributed by atoms with E-state index in [4.69, 9.17) is 5.73 Å². The van der Waals surface area contributed by atoms with Crippen LogP contribution < -0.4 is 16.0 Å². The Labute approximate surface area is 175 Å². The lowest BCUT2D eigenvalue weighted by Crippen LogP contribution is -2.40. The molecule has 0 unspecified atom stereocenters. The van der Waals surface area contributed by atoms with E-state index in [-0.39, 0.29) is 17.6 Å². The highest BCUT2D eigenvalue weighted by molar-refractivity contribution is 6.02. The average Bonchev–Trinajstić information content (AvgIpc) is 3.43. The summed E-state index contributed by atoms with van der Waals surface area (Å²) in [6.07, 6.45) is 4.57. The molecule has 7 heteroatoms. The number of nitrogens with two attached hydrogens (primary N) is 1. The number of halogens is 2. The van der Waals surface area contributed by atoms with Gasteiger partial charge in [-0.2, -0.15) is 0 Å². The number of carbonyl (C=O) groups excluding carboxylic acids is 1. The number of carbonyl (C=O) groups is 1. The molecule has 2 aliphatic rings. The molecule has 1 saturated carbocycles. The van der Waals surface area contributed by atoms with Crippen molar-refractivity contribution in [3.8, 4) is 11.1 Å². The van der Waals surface area contributed by atoms with Crippen molar-refractivity contribution in [3.63, 3.8) is 0 Å². The highest BCUT2D eigenvalue weighted by Gasteiger charge is 2.35. The number of amides is 1. The first-order chi connectivity index (χ1) is 14.1. The molecule has 30 heavy (non-hydrogen) atoms. The largest absolute Gasteiger partial charge is 0.367 e. The third-order valence-corrected chi connectivity index (χ3v) is 6.12. The number of nitrogens with zero attached hydrogens (tertiary/aromatic N) is 2. The normalized spacial score (nSPS) is 22.3. The Hall–Kier alpha value is -2.54. The van der Waals surface area contributed by atoms with E-state index in [2.05, 4.69) is 10.3 Å². The molecule has 1 amide bonds. The van der Waals surface area contributed by atoms with Crippen molar-refractivity contribution in [1.29, 1.82) is 0 Å². The van der Waals surface area contributed by atoms with E-state index in [1.54, 1.807) is 6.20 Å². The zero-order chi connectivity index (χ0) is 21.6. The summed E-state index contributed by atoms with van der Waals surface area (Å²) >= 11 is 0. The van der Waals surface area contributed by atoms with Crippen LogP contribution in [0.25, 0.3) is 11.1 Å². The Balaban J connectivity index is 1.84. The molecule has 0 radical (unpaired) electrons. The van der Waals surface area contributed by atoms with E-state index in [1.807, 2.05) is 25.7 Å². The van der Waals surface area contributed by atoms with Gasteiger partial charge in [-0.25, -0.2) is 13.8 Å². The maximum atomic E-state index is 14.0. The molecular formula is C23H28F2N4O. The van der Waals surface area contributed by atoms with Crippen LogP contribution in [0.15, 0.2) is 24.4 Å². The van der Waals surface area contributed by atoms with Gasteiger partial charge in [0.2, 0.25) is 0 Å². The van der Waals surface area contributed by atoms with Gasteiger partial charge >= 0.3 is 0 Å². The molecule has 2 atom stereocenters. The van der Waals surface area contributed by atoms with Gasteiger partial charge in [0.05, 0.1) is 5.69 Å². The summed E-state index contributed by atoms with van der Waals surface area (Å²) in [4.78, 5) is 19.7. The van der Waals surface area contributed by atoms with Gasteiger partial charge in [0.15, 0.2) is 5.69 Å². The summed E-state index contributed by atoms with van der Waals surface area (Å²) in [7, 11) is 0. The van der Waals surface area contributed by atoms with Crippen LogP contribution in [0, 0.1) is 24.5 Å². The zero-order valence-electron chi connectivity index (χ0n) is 17.6. The first kappa shape index (κ1) is 20.7. The standard InChI is InChI=1S/C23H28F2N4O/c1-13-11-27-20(22(30)28-14(2)15-4-5-15)21(29-7-6-23(3,26)12-29)19(13)16-8-17(24)10-18(25)9-16/h8-11,14-15H,4-7,12,26H2,1-3H3,(H,28,30)/t14-,23-/m0/s1. The van der Waals surface area contributed by atoms with Crippen molar-refractivity contribution in [2.24, 2.45) is 11.7 Å². The van der Waals surface area contributed by atoms with Crippen LogP contribution in [0.4, 0.5) is 14.5 Å². The van der Waals surface area contributed by atoms with Crippen LogP contribution in [-0.4, -0.2) is 35.6 Å². The summed E-state index contributed by atoms with van der Waals surface area (Å²) < 4.78 is 28.1. The van der Waals surface area contributed by atoms with Crippen LogP contribution in [0.3, 0.4) is 0 Å². The minimum absolute atomic E-state index is 0.0573. The minimum atomic E-state index is -0.661. The second-order valence-electron chi connectivity index (χ2n) is 9.10. The fraction of sp³-hybridized carbons (Fsp3) is 0.478. The van der Waals surface area contributed by atoms with Gasteiger partial charge in [-0.1, -0.05) is 0 Å². The van der Waals surface area contributed by atoms with Crippen LogP contribution in [-0.2, 0) is 0 Å². The highest BCUT2D eigenvalue weighted by atomic mass is 19.1. The number of benzene rings is 1. The molecule has 1 aliphatic carbocycles. The number of anilines is 1. The highest BCUT2D eigenvalue weighted by Crippen LogP contribution is 2.39. The van der Waals surface area contributed by atoms with Gasteiger partial charge in [-0.3, -0.25) is 4.79 Å². The predicted octanol–water partition coefficient (Wildman–Crippen LogP) is 3.79. The lowest BCUT2D eigenvalue weighted by Gasteiger charge is -2.27. The van der Waals surface area contributed by atoms with E-state index in [1.165, 1.54) is 12.1 Å². The number of aryl methyl sites for hydroxylation is 1. The summed E-state index contributed by atoms with van der Waals surface area (Å²) in [6.45, 7) is 6.97. The van der Waals surface area contributed by atoms with E-state index < -0.39 is 17.2 Å². The van der Waals surface area contributed by atoms with E-state index in [0.717, 1.165) is 30.9 Å². The van der Waals surface area contributed by atoms with Gasteiger partial charge in [-0.15, -0.1) is 0 Å². The summed E-state index contributed by atoms with van der Waals surface area (Å²) in [5, 5.41) is 3.06. The van der Waals surface area contributed by atoms with Crippen molar-refractivity contribution in [3.05, 3.63) is 47.3 Å². The first-order valence-corrected chi connectivity index (χ1v) is 10.5. The molecule has 4 rings (SSSR count).